The molecule has 0 saturated carbocycles. The third-order valence-corrected chi connectivity index (χ3v) is 4.95. The van der Waals surface area contributed by atoms with Gasteiger partial charge in [0.1, 0.15) is 0 Å². The number of hydrogen-bond acceptors (Lipinski definition) is 4. The second kappa shape index (κ2) is 8.39. The molecule has 26 heavy (non-hydrogen) atoms. The van der Waals surface area contributed by atoms with Crippen molar-refractivity contribution in [3.8, 4) is 0 Å². The molecular formula is C22H26N2O2. The molecule has 4 rings (SSSR count). The van der Waals surface area contributed by atoms with E-state index >= 15 is 0 Å². The fraction of sp³-hybridized carbons (Fsp3) is 0.364. The monoisotopic (exact) mass is 350 g/mol. The molecule has 0 aromatic heterocycles. The van der Waals surface area contributed by atoms with Gasteiger partial charge in [-0.15, -0.1) is 0 Å². The Bertz CT molecular complexity index is 699. The third kappa shape index (κ3) is 4.09. The first-order valence-corrected chi connectivity index (χ1v) is 9.41. The molecule has 0 amide bonds. The predicted molar refractivity (Wildman–Crippen MR) is 102 cm³/mol. The summed E-state index contributed by atoms with van der Waals surface area (Å²) in [7, 11) is 0. The summed E-state index contributed by atoms with van der Waals surface area (Å²) in [6.07, 6.45) is 6.47. The maximum Gasteiger partial charge on any atom is 0.197 e. The molecule has 4 nitrogen and oxygen atoms in total. The molecule has 0 N–H and O–H groups in total. The van der Waals surface area contributed by atoms with Gasteiger partial charge in [0.05, 0.1) is 13.2 Å². The SMILES string of the molecule is C1=CN(Cc2ccccc2)C(C2OCCO2)N1CCCc1ccccc1. The summed E-state index contributed by atoms with van der Waals surface area (Å²) in [4.78, 5) is 4.69. The molecule has 2 aliphatic rings. The fourth-order valence-electron chi connectivity index (χ4n) is 3.66. The lowest BCUT2D eigenvalue weighted by atomic mass is 10.1. The van der Waals surface area contributed by atoms with Gasteiger partial charge in [-0.1, -0.05) is 60.7 Å². The van der Waals surface area contributed by atoms with E-state index in [1.165, 1.54) is 11.1 Å². The highest BCUT2D eigenvalue weighted by atomic mass is 16.7. The van der Waals surface area contributed by atoms with Crippen molar-refractivity contribution in [1.29, 1.82) is 0 Å². The van der Waals surface area contributed by atoms with E-state index in [0.29, 0.717) is 13.2 Å². The van der Waals surface area contributed by atoms with Crippen molar-refractivity contribution in [3.05, 3.63) is 84.2 Å². The molecule has 0 radical (unpaired) electrons. The van der Waals surface area contributed by atoms with Gasteiger partial charge in [0, 0.05) is 25.5 Å². The van der Waals surface area contributed by atoms with Gasteiger partial charge in [-0.05, 0) is 24.0 Å². The molecule has 2 aromatic rings. The van der Waals surface area contributed by atoms with Crippen LogP contribution in [0.2, 0.25) is 0 Å². The Labute approximate surface area is 155 Å². The van der Waals surface area contributed by atoms with Crippen LogP contribution in [0, 0.1) is 0 Å². The molecular weight excluding hydrogens is 324 g/mol. The molecule has 2 aliphatic heterocycles. The van der Waals surface area contributed by atoms with Gasteiger partial charge in [-0.2, -0.15) is 0 Å². The Kier molecular flexibility index (Phi) is 5.53. The van der Waals surface area contributed by atoms with E-state index in [9.17, 15) is 0 Å². The van der Waals surface area contributed by atoms with Crippen molar-refractivity contribution in [3.63, 3.8) is 0 Å². The average Bonchev–Trinajstić information content (AvgIpc) is 3.33. The molecule has 2 aromatic carbocycles. The topological polar surface area (TPSA) is 24.9 Å². The van der Waals surface area contributed by atoms with Crippen LogP contribution in [0.1, 0.15) is 17.5 Å². The number of aryl methyl sites for hydroxylation is 1. The molecule has 0 aliphatic carbocycles. The van der Waals surface area contributed by atoms with E-state index in [4.69, 9.17) is 9.47 Å². The Hall–Kier alpha value is -2.30. The van der Waals surface area contributed by atoms with Crippen molar-refractivity contribution in [1.82, 2.24) is 9.80 Å². The lowest BCUT2D eigenvalue weighted by molar-refractivity contribution is -0.123. The molecule has 0 bridgehead atoms. The minimum atomic E-state index is -0.189. The van der Waals surface area contributed by atoms with Crippen molar-refractivity contribution in [2.24, 2.45) is 0 Å². The van der Waals surface area contributed by atoms with Crippen LogP contribution in [0.3, 0.4) is 0 Å². The van der Waals surface area contributed by atoms with Gasteiger partial charge in [-0.3, -0.25) is 0 Å². The maximum atomic E-state index is 5.85. The van der Waals surface area contributed by atoms with E-state index in [-0.39, 0.29) is 12.5 Å². The summed E-state index contributed by atoms with van der Waals surface area (Å²) in [5.41, 5.74) is 2.69. The smallest absolute Gasteiger partial charge is 0.197 e. The molecule has 4 heteroatoms. The highest BCUT2D eigenvalue weighted by Crippen LogP contribution is 2.26. The number of nitrogens with zero attached hydrogens (tertiary/aromatic N) is 2. The van der Waals surface area contributed by atoms with Crippen molar-refractivity contribution in [2.75, 3.05) is 19.8 Å². The van der Waals surface area contributed by atoms with E-state index in [1.807, 2.05) is 0 Å². The summed E-state index contributed by atoms with van der Waals surface area (Å²) >= 11 is 0. The summed E-state index contributed by atoms with van der Waals surface area (Å²) in [6, 6.07) is 21.2. The van der Waals surface area contributed by atoms with Crippen LogP contribution >= 0.6 is 0 Å². The first-order valence-electron chi connectivity index (χ1n) is 9.41. The first kappa shape index (κ1) is 17.1. The molecule has 1 unspecified atom stereocenters. The second-order valence-electron chi connectivity index (χ2n) is 6.81. The van der Waals surface area contributed by atoms with E-state index in [0.717, 1.165) is 25.9 Å². The summed E-state index contributed by atoms with van der Waals surface area (Å²) < 4.78 is 11.7. The summed E-state index contributed by atoms with van der Waals surface area (Å²) in [5.74, 6) is 0. The molecule has 136 valence electrons. The number of rotatable bonds is 7. The maximum absolute atomic E-state index is 5.85. The van der Waals surface area contributed by atoms with Crippen LogP contribution in [0.5, 0.6) is 0 Å². The predicted octanol–water partition coefficient (Wildman–Crippen LogP) is 3.61. The van der Waals surface area contributed by atoms with E-state index in [1.54, 1.807) is 0 Å². The molecule has 1 fully saturated rings. The zero-order valence-corrected chi connectivity index (χ0v) is 15.0. The minimum absolute atomic E-state index is 0.105. The second-order valence-corrected chi connectivity index (χ2v) is 6.81. The highest BCUT2D eigenvalue weighted by molar-refractivity contribution is 5.17. The Morgan fingerprint density at radius 1 is 0.769 bits per heavy atom. The van der Waals surface area contributed by atoms with Gasteiger partial charge < -0.3 is 19.3 Å². The first-order chi connectivity index (χ1) is 12.9. The van der Waals surface area contributed by atoms with Crippen molar-refractivity contribution < 1.29 is 9.47 Å². The third-order valence-electron chi connectivity index (χ3n) is 4.95. The van der Waals surface area contributed by atoms with Gasteiger partial charge >= 0.3 is 0 Å². The van der Waals surface area contributed by atoms with Crippen LogP contribution in [-0.2, 0) is 22.4 Å². The Balaban J connectivity index is 1.39. The van der Waals surface area contributed by atoms with Crippen molar-refractivity contribution in [2.45, 2.75) is 31.8 Å². The van der Waals surface area contributed by atoms with Crippen LogP contribution in [0.15, 0.2) is 73.1 Å². The number of benzene rings is 2. The minimum Gasteiger partial charge on any atom is -0.352 e. The van der Waals surface area contributed by atoms with Crippen LogP contribution in [-0.4, -0.2) is 42.0 Å². The largest absolute Gasteiger partial charge is 0.352 e. The zero-order valence-electron chi connectivity index (χ0n) is 15.0. The fourth-order valence-corrected chi connectivity index (χ4v) is 3.66. The zero-order chi connectivity index (χ0) is 17.6. The molecule has 1 atom stereocenters. The summed E-state index contributed by atoms with van der Waals surface area (Å²) in [5, 5.41) is 0. The van der Waals surface area contributed by atoms with Gasteiger partial charge in [-0.25, -0.2) is 0 Å². The number of hydrogen-bond donors (Lipinski definition) is 0. The Morgan fingerprint density at radius 2 is 1.38 bits per heavy atom. The van der Waals surface area contributed by atoms with Crippen molar-refractivity contribution >= 4 is 0 Å². The number of ether oxygens (including phenoxy) is 2. The molecule has 1 saturated heterocycles. The Morgan fingerprint density at radius 3 is 2.08 bits per heavy atom. The van der Waals surface area contributed by atoms with E-state index in [2.05, 4.69) is 82.9 Å². The molecule has 0 spiro atoms. The summed E-state index contributed by atoms with van der Waals surface area (Å²) in [6.45, 7) is 3.21. The normalized spacial score (nSPS) is 20.2. The van der Waals surface area contributed by atoms with Crippen LogP contribution in [0.4, 0.5) is 0 Å². The van der Waals surface area contributed by atoms with Crippen LogP contribution in [0.25, 0.3) is 0 Å². The quantitative estimate of drug-likeness (QED) is 0.762. The van der Waals surface area contributed by atoms with Gasteiger partial charge in [0.2, 0.25) is 0 Å². The average molecular weight is 350 g/mol. The lowest BCUT2D eigenvalue weighted by Crippen LogP contribution is -2.48. The van der Waals surface area contributed by atoms with Gasteiger partial charge in [0.15, 0.2) is 12.5 Å². The molecule has 2 heterocycles. The highest BCUT2D eigenvalue weighted by Gasteiger charge is 2.37. The van der Waals surface area contributed by atoms with E-state index < -0.39 is 0 Å². The lowest BCUT2D eigenvalue weighted by Gasteiger charge is -2.35. The van der Waals surface area contributed by atoms with Gasteiger partial charge in [0.25, 0.3) is 0 Å². The van der Waals surface area contributed by atoms with Crippen LogP contribution < -0.4 is 0 Å². The standard InChI is InChI=1S/C22H26N2O2/c1-3-8-19(9-4-1)12-7-13-23-14-15-24(18-20-10-5-2-6-11-20)21(23)22-25-16-17-26-22/h1-6,8-11,14-15,21-22H,7,12-13,16-18H2.